The van der Waals surface area contributed by atoms with Crippen LogP contribution in [0.4, 0.5) is 0 Å². The molecule has 0 saturated carbocycles. The van der Waals surface area contributed by atoms with Gasteiger partial charge in [0.25, 0.3) is 5.91 Å². The van der Waals surface area contributed by atoms with Crippen molar-refractivity contribution < 1.29 is 4.79 Å². The highest BCUT2D eigenvalue weighted by atomic mass is 16.2. The van der Waals surface area contributed by atoms with Crippen LogP contribution in [0.25, 0.3) is 5.65 Å². The number of hydrogen-bond acceptors (Lipinski definition) is 3. The average Bonchev–Trinajstić information content (AvgIpc) is 3.15. The Morgan fingerprint density at radius 1 is 1.33 bits per heavy atom. The van der Waals surface area contributed by atoms with Gasteiger partial charge in [0.1, 0.15) is 11.3 Å². The number of imidazole rings is 2. The summed E-state index contributed by atoms with van der Waals surface area (Å²) in [5, 5.41) is 3.13. The minimum atomic E-state index is -0.154. The molecule has 0 fully saturated rings. The number of hydrogen-bond donors (Lipinski definition) is 1. The van der Waals surface area contributed by atoms with E-state index in [0.717, 1.165) is 11.2 Å². The molecule has 0 aliphatic carbocycles. The molecule has 0 bridgehead atoms. The Labute approximate surface area is 141 Å². The van der Waals surface area contributed by atoms with Gasteiger partial charge < -0.3 is 14.3 Å². The Kier molecular flexibility index (Phi) is 4.13. The lowest BCUT2D eigenvalue weighted by Crippen LogP contribution is -2.46. The lowest BCUT2D eigenvalue weighted by molar-refractivity contribution is 0.0888. The van der Waals surface area contributed by atoms with Crippen molar-refractivity contribution in [3.05, 3.63) is 54.5 Å². The molecule has 6 heteroatoms. The van der Waals surface area contributed by atoms with Gasteiger partial charge in [-0.05, 0) is 24.0 Å². The fourth-order valence-corrected chi connectivity index (χ4v) is 2.64. The summed E-state index contributed by atoms with van der Waals surface area (Å²) in [6.45, 7) is 9.00. The Hall–Kier alpha value is -2.63. The maximum Gasteiger partial charge on any atom is 0.271 e. The van der Waals surface area contributed by atoms with Crippen molar-refractivity contribution in [3.63, 3.8) is 0 Å². The summed E-state index contributed by atoms with van der Waals surface area (Å²) in [5.74, 6) is -0.154. The molecule has 1 amide bonds. The second kappa shape index (κ2) is 6.11. The van der Waals surface area contributed by atoms with E-state index in [-0.39, 0.29) is 17.4 Å². The number of amides is 1. The van der Waals surface area contributed by atoms with E-state index >= 15 is 0 Å². The van der Waals surface area contributed by atoms with Crippen molar-refractivity contribution >= 4 is 11.6 Å². The van der Waals surface area contributed by atoms with Gasteiger partial charge in [-0.1, -0.05) is 26.8 Å². The molecule has 6 nitrogen and oxygen atoms in total. The lowest BCUT2D eigenvalue weighted by atomic mass is 9.86. The zero-order valence-electron chi connectivity index (χ0n) is 14.5. The van der Waals surface area contributed by atoms with Crippen LogP contribution in [0.5, 0.6) is 0 Å². The van der Waals surface area contributed by atoms with E-state index in [2.05, 4.69) is 36.1 Å². The molecule has 0 radical (unpaired) electrons. The summed E-state index contributed by atoms with van der Waals surface area (Å²) in [6.07, 6.45) is 9.08. The third-order valence-corrected chi connectivity index (χ3v) is 4.21. The molecule has 1 N–H and O–H groups in total. The summed E-state index contributed by atoms with van der Waals surface area (Å²) in [4.78, 5) is 21.2. The van der Waals surface area contributed by atoms with Crippen LogP contribution in [0, 0.1) is 12.3 Å². The van der Waals surface area contributed by atoms with Crippen LogP contribution in [0.3, 0.4) is 0 Å². The molecule has 1 unspecified atom stereocenters. The SMILES string of the molecule is Cc1cccn2cc(C(=O)NC(Cn3ccnc3)C(C)(C)C)nc12. The van der Waals surface area contributed by atoms with Gasteiger partial charge >= 0.3 is 0 Å². The van der Waals surface area contributed by atoms with Crippen LogP contribution < -0.4 is 5.32 Å². The maximum absolute atomic E-state index is 12.7. The number of carbonyl (C=O) groups is 1. The first kappa shape index (κ1) is 16.2. The Bertz CT molecular complexity index is 842. The zero-order valence-corrected chi connectivity index (χ0v) is 14.5. The topological polar surface area (TPSA) is 64.2 Å². The molecule has 0 spiro atoms. The van der Waals surface area contributed by atoms with Gasteiger partial charge in [0, 0.05) is 31.3 Å². The molecule has 3 aromatic heterocycles. The van der Waals surface area contributed by atoms with Crippen molar-refractivity contribution in [3.8, 4) is 0 Å². The molecular weight excluding hydrogens is 302 g/mol. The summed E-state index contributed by atoms with van der Waals surface area (Å²) in [7, 11) is 0. The van der Waals surface area contributed by atoms with Gasteiger partial charge in [-0.25, -0.2) is 9.97 Å². The van der Waals surface area contributed by atoms with Gasteiger partial charge in [0.2, 0.25) is 0 Å². The first-order valence-corrected chi connectivity index (χ1v) is 8.05. The summed E-state index contributed by atoms with van der Waals surface area (Å²) < 4.78 is 3.86. The minimum Gasteiger partial charge on any atom is -0.346 e. The molecule has 3 heterocycles. The number of aromatic nitrogens is 4. The predicted molar refractivity (Wildman–Crippen MR) is 92.9 cm³/mol. The quantitative estimate of drug-likeness (QED) is 0.802. The first-order valence-electron chi connectivity index (χ1n) is 8.05. The van der Waals surface area contributed by atoms with Crippen LogP contribution in [0.2, 0.25) is 0 Å². The highest BCUT2D eigenvalue weighted by molar-refractivity contribution is 5.93. The maximum atomic E-state index is 12.7. The second-order valence-corrected chi connectivity index (χ2v) is 7.20. The molecule has 0 aliphatic rings. The molecule has 0 aromatic carbocycles. The van der Waals surface area contributed by atoms with Gasteiger partial charge in [0.05, 0.1) is 12.4 Å². The molecule has 3 aromatic rings. The van der Waals surface area contributed by atoms with Crippen molar-refractivity contribution in [1.82, 2.24) is 24.3 Å². The van der Waals surface area contributed by atoms with E-state index in [9.17, 15) is 4.79 Å². The summed E-state index contributed by atoms with van der Waals surface area (Å²) in [5.41, 5.74) is 2.20. The second-order valence-electron chi connectivity index (χ2n) is 7.20. The smallest absolute Gasteiger partial charge is 0.271 e. The van der Waals surface area contributed by atoms with Crippen LogP contribution in [0.15, 0.2) is 43.2 Å². The molecule has 3 rings (SSSR count). The van der Waals surface area contributed by atoms with E-state index in [1.165, 1.54) is 0 Å². The fourth-order valence-electron chi connectivity index (χ4n) is 2.64. The number of rotatable bonds is 4. The van der Waals surface area contributed by atoms with E-state index < -0.39 is 0 Å². The Morgan fingerprint density at radius 3 is 2.75 bits per heavy atom. The van der Waals surface area contributed by atoms with Crippen LogP contribution in [-0.4, -0.2) is 30.9 Å². The highest BCUT2D eigenvalue weighted by Gasteiger charge is 2.27. The van der Waals surface area contributed by atoms with E-state index in [1.807, 2.05) is 40.4 Å². The molecular formula is C18H23N5O. The number of nitrogens with zero attached hydrogens (tertiary/aromatic N) is 4. The summed E-state index contributed by atoms with van der Waals surface area (Å²) in [6, 6.07) is 3.90. The van der Waals surface area contributed by atoms with Crippen LogP contribution in [-0.2, 0) is 6.54 Å². The van der Waals surface area contributed by atoms with Crippen molar-refractivity contribution in [2.45, 2.75) is 40.3 Å². The van der Waals surface area contributed by atoms with Crippen molar-refractivity contribution in [1.29, 1.82) is 0 Å². The summed E-state index contributed by atoms with van der Waals surface area (Å²) >= 11 is 0. The number of carbonyl (C=O) groups excluding carboxylic acids is 1. The molecule has 1 atom stereocenters. The molecule has 126 valence electrons. The monoisotopic (exact) mass is 325 g/mol. The van der Waals surface area contributed by atoms with Crippen LogP contribution in [0.1, 0.15) is 36.8 Å². The third-order valence-electron chi connectivity index (χ3n) is 4.21. The first-order chi connectivity index (χ1) is 11.3. The molecule has 0 aliphatic heterocycles. The van der Waals surface area contributed by atoms with Gasteiger partial charge in [0.15, 0.2) is 0 Å². The fraction of sp³-hybridized carbons (Fsp3) is 0.389. The Morgan fingerprint density at radius 2 is 2.12 bits per heavy atom. The number of nitrogens with one attached hydrogen (secondary N) is 1. The van der Waals surface area contributed by atoms with Crippen molar-refractivity contribution in [2.24, 2.45) is 5.41 Å². The van der Waals surface area contributed by atoms with E-state index in [0.29, 0.717) is 12.2 Å². The standard InChI is InChI=1S/C18H23N5O/c1-13-6-5-8-23-10-14(20-16(13)23)17(24)21-15(18(2,3)4)11-22-9-7-19-12-22/h5-10,12,15H,11H2,1-4H3,(H,21,24). The van der Waals surface area contributed by atoms with Gasteiger partial charge in [-0.2, -0.15) is 0 Å². The highest BCUT2D eigenvalue weighted by Crippen LogP contribution is 2.21. The zero-order chi connectivity index (χ0) is 17.3. The normalized spacial score (nSPS) is 13.2. The predicted octanol–water partition coefficient (Wildman–Crippen LogP) is 2.68. The van der Waals surface area contributed by atoms with Crippen molar-refractivity contribution in [2.75, 3.05) is 0 Å². The Balaban J connectivity index is 1.82. The van der Waals surface area contributed by atoms with Gasteiger partial charge in [-0.3, -0.25) is 4.79 Å². The van der Waals surface area contributed by atoms with E-state index in [1.54, 1.807) is 18.7 Å². The van der Waals surface area contributed by atoms with Crippen LogP contribution >= 0.6 is 0 Å². The van der Waals surface area contributed by atoms with Gasteiger partial charge in [-0.15, -0.1) is 0 Å². The minimum absolute atomic E-state index is 0.0369. The lowest BCUT2D eigenvalue weighted by Gasteiger charge is -2.31. The third kappa shape index (κ3) is 3.32. The largest absolute Gasteiger partial charge is 0.346 e. The number of pyridine rings is 1. The number of fused-ring (bicyclic) bond motifs is 1. The molecule has 24 heavy (non-hydrogen) atoms. The average molecular weight is 325 g/mol. The van der Waals surface area contributed by atoms with E-state index in [4.69, 9.17) is 0 Å². The number of aryl methyl sites for hydroxylation is 1. The molecule has 0 saturated heterocycles.